The molecule has 1 heterocycles. The summed E-state index contributed by atoms with van der Waals surface area (Å²) in [7, 11) is -3.78. The lowest BCUT2D eigenvalue weighted by Crippen LogP contribution is -2.51. The molecule has 37 heavy (non-hydrogen) atoms. The molecule has 0 fully saturated rings. The molecule has 6 nitrogen and oxygen atoms in total. The maximum atomic E-state index is 13.6. The molecular weight excluding hydrogens is 484 g/mol. The molecule has 7 heteroatoms. The number of nitrogens with zero attached hydrogens (tertiary/aromatic N) is 1. The maximum Gasteiger partial charge on any atom is 0.263 e. The first kappa shape index (κ1) is 24.6. The van der Waals surface area contributed by atoms with E-state index < -0.39 is 22.2 Å². The number of hydrogen-bond donors (Lipinski definition) is 1. The van der Waals surface area contributed by atoms with Crippen molar-refractivity contribution in [3.8, 4) is 5.75 Å². The van der Waals surface area contributed by atoms with E-state index >= 15 is 0 Å². The summed E-state index contributed by atoms with van der Waals surface area (Å²) in [6.07, 6.45) is -1.02. The van der Waals surface area contributed by atoms with Crippen molar-refractivity contribution in [2.75, 3.05) is 10.8 Å². The zero-order chi connectivity index (χ0) is 25.8. The predicted octanol–water partition coefficient (Wildman–Crippen LogP) is 5.00. The van der Waals surface area contributed by atoms with Crippen molar-refractivity contribution in [2.24, 2.45) is 0 Å². The van der Waals surface area contributed by atoms with E-state index in [9.17, 15) is 13.2 Å². The molecule has 0 aliphatic carbocycles. The van der Waals surface area contributed by atoms with Gasteiger partial charge in [-0.05, 0) is 35.7 Å². The highest BCUT2D eigenvalue weighted by atomic mass is 32.2. The SMILES string of the molecule is Cc1ccc([C@@H](NC(=O)[C@H]2CN(S(=O)(=O)Cc3ccccc3)c3ccccc3O2)c2ccccc2)cc1. The topological polar surface area (TPSA) is 75.7 Å². The molecule has 4 aromatic rings. The Balaban J connectivity index is 1.44. The second-order valence-electron chi connectivity index (χ2n) is 9.11. The largest absolute Gasteiger partial charge is 0.476 e. The van der Waals surface area contributed by atoms with E-state index in [0.29, 0.717) is 17.0 Å². The van der Waals surface area contributed by atoms with Gasteiger partial charge in [-0.3, -0.25) is 9.10 Å². The van der Waals surface area contributed by atoms with Crippen molar-refractivity contribution in [1.29, 1.82) is 0 Å². The Bertz CT molecular complexity index is 1470. The number of hydrogen-bond acceptors (Lipinski definition) is 4. The molecule has 0 aromatic heterocycles. The molecule has 0 spiro atoms. The smallest absolute Gasteiger partial charge is 0.263 e. The van der Waals surface area contributed by atoms with Gasteiger partial charge in [-0.15, -0.1) is 0 Å². The highest BCUT2D eigenvalue weighted by Crippen LogP contribution is 2.36. The summed E-state index contributed by atoms with van der Waals surface area (Å²) in [4.78, 5) is 13.6. The number of ether oxygens (including phenoxy) is 1. The van der Waals surface area contributed by atoms with Gasteiger partial charge < -0.3 is 10.1 Å². The number of benzene rings is 4. The van der Waals surface area contributed by atoms with Crippen LogP contribution in [0.15, 0.2) is 109 Å². The minimum Gasteiger partial charge on any atom is -0.476 e. The van der Waals surface area contributed by atoms with Gasteiger partial charge in [-0.2, -0.15) is 0 Å². The quantitative estimate of drug-likeness (QED) is 0.378. The van der Waals surface area contributed by atoms with E-state index in [2.05, 4.69) is 5.32 Å². The average Bonchev–Trinajstić information content (AvgIpc) is 2.92. The molecule has 1 N–H and O–H groups in total. The number of amides is 1. The van der Waals surface area contributed by atoms with Crippen LogP contribution < -0.4 is 14.4 Å². The number of carbonyl (C=O) groups excluding carboxylic acids is 1. The fraction of sp³-hybridized carbons (Fsp3) is 0.167. The van der Waals surface area contributed by atoms with Gasteiger partial charge in [0.25, 0.3) is 5.91 Å². The molecule has 0 unspecified atom stereocenters. The van der Waals surface area contributed by atoms with Gasteiger partial charge in [0.05, 0.1) is 24.0 Å². The first-order chi connectivity index (χ1) is 17.9. The Kier molecular flexibility index (Phi) is 6.97. The summed E-state index contributed by atoms with van der Waals surface area (Å²) in [6.45, 7) is 1.89. The molecule has 1 amide bonds. The highest BCUT2D eigenvalue weighted by molar-refractivity contribution is 7.92. The van der Waals surface area contributed by atoms with E-state index in [1.54, 1.807) is 36.4 Å². The third-order valence-electron chi connectivity index (χ3n) is 6.39. The van der Waals surface area contributed by atoms with Gasteiger partial charge in [0.1, 0.15) is 5.75 Å². The van der Waals surface area contributed by atoms with E-state index in [4.69, 9.17) is 4.74 Å². The van der Waals surface area contributed by atoms with Crippen molar-refractivity contribution in [1.82, 2.24) is 5.32 Å². The molecule has 0 saturated heterocycles. The van der Waals surface area contributed by atoms with Gasteiger partial charge in [0.2, 0.25) is 10.0 Å². The van der Waals surface area contributed by atoms with Crippen LogP contribution in [0.2, 0.25) is 0 Å². The number of para-hydroxylation sites is 2. The number of fused-ring (bicyclic) bond motifs is 1. The van der Waals surface area contributed by atoms with E-state index in [-0.39, 0.29) is 18.2 Å². The number of rotatable bonds is 7. The Morgan fingerprint density at radius 2 is 1.46 bits per heavy atom. The van der Waals surface area contributed by atoms with Crippen LogP contribution in [0, 0.1) is 6.92 Å². The van der Waals surface area contributed by atoms with Gasteiger partial charge in [0.15, 0.2) is 6.10 Å². The molecule has 4 aromatic carbocycles. The first-order valence-electron chi connectivity index (χ1n) is 12.1. The number of sulfonamides is 1. The summed E-state index contributed by atoms with van der Waals surface area (Å²) in [5, 5.41) is 3.11. The molecular formula is C30H28N2O4S. The molecule has 1 aliphatic rings. The molecule has 0 radical (unpaired) electrons. The molecule has 5 rings (SSSR count). The van der Waals surface area contributed by atoms with Crippen molar-refractivity contribution in [3.63, 3.8) is 0 Å². The average molecular weight is 513 g/mol. The van der Waals surface area contributed by atoms with Crippen molar-refractivity contribution >= 4 is 21.6 Å². The Morgan fingerprint density at radius 1 is 0.865 bits per heavy atom. The summed E-state index contributed by atoms with van der Waals surface area (Å²) in [5.41, 5.74) is 4.07. The molecule has 1 aliphatic heterocycles. The molecule has 188 valence electrons. The van der Waals surface area contributed by atoms with Gasteiger partial charge in [-0.1, -0.05) is 103 Å². The summed E-state index contributed by atoms with van der Waals surface area (Å²) >= 11 is 0. The predicted molar refractivity (Wildman–Crippen MR) is 145 cm³/mol. The number of carbonyl (C=O) groups is 1. The van der Waals surface area contributed by atoms with Gasteiger partial charge >= 0.3 is 0 Å². The van der Waals surface area contributed by atoms with Crippen LogP contribution in [0.5, 0.6) is 5.75 Å². The maximum absolute atomic E-state index is 13.6. The standard InChI is InChI=1S/C30H28N2O4S/c1-22-16-18-25(19-17-22)29(24-12-6-3-7-13-24)31-30(33)28-20-32(26-14-8-9-15-27(26)36-28)37(34,35)21-23-10-4-2-5-11-23/h2-19,28-29H,20-21H2,1H3,(H,31,33)/t28-,29+/m1/s1. The lowest BCUT2D eigenvalue weighted by Gasteiger charge is -2.35. The summed E-state index contributed by atoms with van der Waals surface area (Å²) in [6, 6.07) is 33.2. The van der Waals surface area contributed by atoms with Crippen LogP contribution in [0.4, 0.5) is 5.69 Å². The van der Waals surface area contributed by atoms with Crippen LogP contribution >= 0.6 is 0 Å². The van der Waals surface area contributed by atoms with Crippen molar-refractivity contribution in [2.45, 2.75) is 24.8 Å². The highest BCUT2D eigenvalue weighted by Gasteiger charge is 2.37. The summed E-state index contributed by atoms with van der Waals surface area (Å²) in [5.74, 6) is -0.201. The zero-order valence-electron chi connectivity index (χ0n) is 20.4. The molecule has 0 saturated carbocycles. The normalized spacial score (nSPS) is 15.8. The third-order valence-corrected chi connectivity index (χ3v) is 8.10. The lowest BCUT2D eigenvalue weighted by atomic mass is 9.97. The Morgan fingerprint density at radius 3 is 2.16 bits per heavy atom. The van der Waals surface area contributed by atoms with E-state index in [1.165, 1.54) is 4.31 Å². The van der Waals surface area contributed by atoms with Crippen LogP contribution in [-0.4, -0.2) is 27.0 Å². The number of anilines is 1. The fourth-order valence-electron chi connectivity index (χ4n) is 4.46. The second kappa shape index (κ2) is 10.5. The van der Waals surface area contributed by atoms with Gasteiger partial charge in [-0.25, -0.2) is 8.42 Å². The lowest BCUT2D eigenvalue weighted by molar-refractivity contribution is -0.128. The minimum absolute atomic E-state index is 0.118. The van der Waals surface area contributed by atoms with Crippen LogP contribution in [0.1, 0.15) is 28.3 Å². The molecule has 2 atom stereocenters. The van der Waals surface area contributed by atoms with E-state index in [0.717, 1.165) is 16.7 Å². The zero-order valence-corrected chi connectivity index (χ0v) is 21.3. The van der Waals surface area contributed by atoms with Crippen LogP contribution in [0.25, 0.3) is 0 Å². The van der Waals surface area contributed by atoms with Crippen LogP contribution in [-0.2, 0) is 20.6 Å². The minimum atomic E-state index is -3.78. The summed E-state index contributed by atoms with van der Waals surface area (Å²) < 4.78 is 34.4. The van der Waals surface area contributed by atoms with Crippen molar-refractivity contribution < 1.29 is 17.9 Å². The first-order valence-corrected chi connectivity index (χ1v) is 13.7. The number of nitrogens with one attached hydrogen (secondary N) is 1. The van der Waals surface area contributed by atoms with Gasteiger partial charge in [0, 0.05) is 0 Å². The third kappa shape index (κ3) is 5.52. The molecule has 0 bridgehead atoms. The monoisotopic (exact) mass is 512 g/mol. The fourth-order valence-corrected chi connectivity index (χ4v) is 6.05. The second-order valence-corrected chi connectivity index (χ2v) is 11.0. The van der Waals surface area contributed by atoms with Crippen LogP contribution in [0.3, 0.4) is 0 Å². The Hall–Kier alpha value is -4.10. The van der Waals surface area contributed by atoms with E-state index in [1.807, 2.05) is 79.7 Å². The number of aryl methyl sites for hydroxylation is 1. The van der Waals surface area contributed by atoms with Crippen molar-refractivity contribution in [3.05, 3.63) is 131 Å². The Labute approximate surface area is 217 Å².